The maximum Gasteiger partial charge on any atom is -0.0134 e. The number of hydrogen-bond donors (Lipinski definition) is 0. The molecule has 0 nitrogen and oxygen atoms in total. The SMILES string of the molecule is C=C(C)[C@@H]1CC[C@@H](C)[C@@H]2CCC(C)=C[C@H]21. The minimum Gasteiger partial charge on any atom is -0.0998 e. The zero-order valence-corrected chi connectivity index (χ0v) is 10.4. The fourth-order valence-electron chi connectivity index (χ4n) is 3.62. The minimum absolute atomic E-state index is 0.765. The van der Waals surface area contributed by atoms with E-state index in [9.17, 15) is 0 Å². The van der Waals surface area contributed by atoms with Gasteiger partial charge in [0, 0.05) is 0 Å². The highest BCUT2D eigenvalue weighted by molar-refractivity contribution is 5.15. The largest absolute Gasteiger partial charge is 0.0998 e. The van der Waals surface area contributed by atoms with E-state index < -0.39 is 0 Å². The Hall–Kier alpha value is -0.520. The van der Waals surface area contributed by atoms with Crippen LogP contribution in [0.15, 0.2) is 23.8 Å². The number of fused-ring (bicyclic) bond motifs is 1. The molecule has 2 aliphatic rings. The maximum atomic E-state index is 4.19. The monoisotopic (exact) mass is 204 g/mol. The number of allylic oxidation sites excluding steroid dienone is 3. The van der Waals surface area contributed by atoms with Gasteiger partial charge in [-0.2, -0.15) is 0 Å². The molecule has 0 heterocycles. The summed E-state index contributed by atoms with van der Waals surface area (Å²) in [5.41, 5.74) is 3.01. The van der Waals surface area contributed by atoms with Gasteiger partial charge >= 0.3 is 0 Å². The summed E-state index contributed by atoms with van der Waals surface area (Å²) in [6, 6.07) is 0. The fourth-order valence-corrected chi connectivity index (χ4v) is 3.62. The molecule has 15 heavy (non-hydrogen) atoms. The third-order valence-electron chi connectivity index (χ3n) is 4.60. The fraction of sp³-hybridized carbons (Fsp3) is 0.733. The van der Waals surface area contributed by atoms with E-state index in [1.54, 1.807) is 5.57 Å². The first-order chi connectivity index (χ1) is 7.09. The molecule has 0 unspecified atom stereocenters. The molecule has 0 saturated heterocycles. The highest BCUT2D eigenvalue weighted by atomic mass is 14.4. The Morgan fingerprint density at radius 1 is 1.33 bits per heavy atom. The van der Waals surface area contributed by atoms with Crippen molar-refractivity contribution in [3.05, 3.63) is 23.8 Å². The first kappa shape index (κ1) is 11.0. The van der Waals surface area contributed by atoms with E-state index in [0.29, 0.717) is 0 Å². The van der Waals surface area contributed by atoms with Crippen LogP contribution in [0.1, 0.15) is 46.5 Å². The van der Waals surface area contributed by atoms with Gasteiger partial charge in [-0.05, 0) is 63.2 Å². The third kappa shape index (κ3) is 2.04. The lowest BCUT2D eigenvalue weighted by Gasteiger charge is -2.44. The molecule has 0 spiro atoms. The van der Waals surface area contributed by atoms with Crippen molar-refractivity contribution in [3.8, 4) is 0 Å². The van der Waals surface area contributed by atoms with E-state index in [0.717, 1.165) is 23.7 Å². The van der Waals surface area contributed by atoms with Crippen molar-refractivity contribution < 1.29 is 0 Å². The molecular formula is C15H24. The summed E-state index contributed by atoms with van der Waals surface area (Å²) in [6.45, 7) is 11.2. The lowest BCUT2D eigenvalue weighted by molar-refractivity contribution is 0.135. The Morgan fingerprint density at radius 3 is 2.73 bits per heavy atom. The van der Waals surface area contributed by atoms with Crippen molar-refractivity contribution in [1.82, 2.24) is 0 Å². The Kier molecular flexibility index (Phi) is 3.04. The van der Waals surface area contributed by atoms with E-state index in [4.69, 9.17) is 0 Å². The Bertz CT molecular complexity index is 284. The summed E-state index contributed by atoms with van der Waals surface area (Å²) in [4.78, 5) is 0. The molecular weight excluding hydrogens is 180 g/mol. The van der Waals surface area contributed by atoms with Crippen molar-refractivity contribution >= 4 is 0 Å². The van der Waals surface area contributed by atoms with Crippen LogP contribution in [0.5, 0.6) is 0 Å². The van der Waals surface area contributed by atoms with E-state index in [1.165, 1.54) is 31.3 Å². The zero-order valence-electron chi connectivity index (χ0n) is 10.4. The molecule has 0 aromatic heterocycles. The van der Waals surface area contributed by atoms with Crippen LogP contribution in [0, 0.1) is 23.7 Å². The van der Waals surface area contributed by atoms with Crippen LogP contribution in [-0.4, -0.2) is 0 Å². The highest BCUT2D eigenvalue weighted by Gasteiger charge is 2.37. The van der Waals surface area contributed by atoms with Crippen molar-refractivity contribution in [2.24, 2.45) is 23.7 Å². The van der Waals surface area contributed by atoms with Crippen LogP contribution in [0.25, 0.3) is 0 Å². The van der Waals surface area contributed by atoms with Crippen molar-refractivity contribution in [3.63, 3.8) is 0 Å². The maximum absolute atomic E-state index is 4.19. The molecule has 0 amide bonds. The Morgan fingerprint density at radius 2 is 2.07 bits per heavy atom. The van der Waals surface area contributed by atoms with Gasteiger partial charge in [-0.3, -0.25) is 0 Å². The number of rotatable bonds is 1. The molecule has 0 N–H and O–H groups in total. The molecule has 2 aliphatic carbocycles. The summed E-state index contributed by atoms with van der Waals surface area (Å²) in [5.74, 6) is 3.43. The van der Waals surface area contributed by atoms with Gasteiger partial charge in [0.15, 0.2) is 0 Å². The summed E-state index contributed by atoms with van der Waals surface area (Å²) < 4.78 is 0. The second kappa shape index (κ2) is 4.15. The summed E-state index contributed by atoms with van der Waals surface area (Å²) in [7, 11) is 0. The summed E-state index contributed by atoms with van der Waals surface area (Å²) in [6.07, 6.45) is 8.07. The van der Waals surface area contributed by atoms with Crippen LogP contribution >= 0.6 is 0 Å². The highest BCUT2D eigenvalue weighted by Crippen LogP contribution is 2.47. The quantitative estimate of drug-likeness (QED) is 0.548. The molecule has 0 aromatic carbocycles. The molecule has 0 aromatic rings. The molecule has 0 radical (unpaired) electrons. The van der Waals surface area contributed by atoms with E-state index >= 15 is 0 Å². The molecule has 4 atom stereocenters. The predicted molar refractivity (Wildman–Crippen MR) is 66.7 cm³/mol. The molecule has 84 valence electrons. The standard InChI is InChI=1S/C15H24/c1-10(2)13-8-6-12(4)14-7-5-11(3)9-15(13)14/h9,12-15H,1,5-8H2,2-4H3/t12-,13+,14+,15+/m1/s1. The Labute approximate surface area is 94.5 Å². The van der Waals surface area contributed by atoms with E-state index in [1.807, 2.05) is 0 Å². The normalized spacial score (nSPS) is 40.6. The van der Waals surface area contributed by atoms with Gasteiger partial charge in [-0.1, -0.05) is 30.7 Å². The van der Waals surface area contributed by atoms with Crippen LogP contribution in [0.4, 0.5) is 0 Å². The van der Waals surface area contributed by atoms with Gasteiger partial charge in [0.25, 0.3) is 0 Å². The van der Waals surface area contributed by atoms with Crippen molar-refractivity contribution in [2.45, 2.75) is 46.5 Å². The molecule has 0 aliphatic heterocycles. The lowest BCUT2D eigenvalue weighted by Crippen LogP contribution is -2.34. The second-order valence-corrected chi connectivity index (χ2v) is 5.80. The van der Waals surface area contributed by atoms with Crippen molar-refractivity contribution in [1.29, 1.82) is 0 Å². The van der Waals surface area contributed by atoms with Gasteiger partial charge in [0.05, 0.1) is 0 Å². The van der Waals surface area contributed by atoms with Crippen molar-refractivity contribution in [2.75, 3.05) is 0 Å². The zero-order chi connectivity index (χ0) is 11.0. The van der Waals surface area contributed by atoms with Gasteiger partial charge < -0.3 is 0 Å². The molecule has 2 rings (SSSR count). The van der Waals surface area contributed by atoms with Crippen LogP contribution in [-0.2, 0) is 0 Å². The summed E-state index contributed by atoms with van der Waals surface area (Å²) >= 11 is 0. The van der Waals surface area contributed by atoms with E-state index in [2.05, 4.69) is 33.4 Å². The Balaban J connectivity index is 2.24. The number of hydrogen-bond acceptors (Lipinski definition) is 0. The van der Waals surface area contributed by atoms with Crippen LogP contribution in [0.3, 0.4) is 0 Å². The average molecular weight is 204 g/mol. The molecule has 0 heteroatoms. The minimum atomic E-state index is 0.765. The second-order valence-electron chi connectivity index (χ2n) is 5.80. The topological polar surface area (TPSA) is 0 Å². The third-order valence-corrected chi connectivity index (χ3v) is 4.60. The predicted octanol–water partition coefficient (Wildman–Crippen LogP) is 4.58. The first-order valence-electron chi connectivity index (χ1n) is 6.42. The van der Waals surface area contributed by atoms with Gasteiger partial charge in [-0.15, -0.1) is 0 Å². The van der Waals surface area contributed by atoms with Crippen LogP contribution < -0.4 is 0 Å². The smallest absolute Gasteiger partial charge is 0.0134 e. The molecule has 0 bridgehead atoms. The molecule has 1 fully saturated rings. The first-order valence-corrected chi connectivity index (χ1v) is 6.42. The van der Waals surface area contributed by atoms with Gasteiger partial charge in [0.1, 0.15) is 0 Å². The van der Waals surface area contributed by atoms with Gasteiger partial charge in [0.2, 0.25) is 0 Å². The van der Waals surface area contributed by atoms with Gasteiger partial charge in [-0.25, -0.2) is 0 Å². The molecule has 1 saturated carbocycles. The van der Waals surface area contributed by atoms with E-state index in [-0.39, 0.29) is 0 Å². The summed E-state index contributed by atoms with van der Waals surface area (Å²) in [5, 5.41) is 0. The average Bonchev–Trinajstić information content (AvgIpc) is 2.17. The van der Waals surface area contributed by atoms with Crippen LogP contribution in [0.2, 0.25) is 0 Å². The lowest BCUT2D eigenvalue weighted by atomic mass is 9.61.